The summed E-state index contributed by atoms with van der Waals surface area (Å²) >= 11 is 1.53. The Balaban J connectivity index is 2.42. The Labute approximate surface area is 75.4 Å². The van der Waals surface area contributed by atoms with Gasteiger partial charge in [0.05, 0.1) is 22.2 Å². The van der Waals surface area contributed by atoms with Crippen LogP contribution in [0.1, 0.15) is 22.5 Å². The van der Waals surface area contributed by atoms with Crippen molar-refractivity contribution in [1.29, 1.82) is 0 Å². The second-order valence-corrected chi connectivity index (χ2v) is 6.10. The summed E-state index contributed by atoms with van der Waals surface area (Å²) in [5, 5.41) is 1.05. The lowest BCUT2D eigenvalue weighted by molar-refractivity contribution is 0.598. The Morgan fingerprint density at radius 1 is 1.50 bits per heavy atom. The van der Waals surface area contributed by atoms with Crippen molar-refractivity contribution in [2.75, 3.05) is 0 Å². The minimum Gasteiger partial charge on any atom is -0.245 e. The zero-order valence-corrected chi connectivity index (χ0v) is 8.33. The van der Waals surface area contributed by atoms with Crippen LogP contribution in [-0.4, -0.2) is 13.4 Å². The summed E-state index contributed by atoms with van der Waals surface area (Å²) in [5.74, 6) is 0.360. The van der Waals surface area contributed by atoms with E-state index in [9.17, 15) is 8.42 Å². The molecular weight excluding hydrogens is 194 g/mol. The average Bonchev–Trinajstić information content (AvgIpc) is 2.40. The molecule has 0 bridgehead atoms. The minimum atomic E-state index is -2.84. The molecule has 1 aliphatic rings. The van der Waals surface area contributed by atoms with Gasteiger partial charge in [-0.2, -0.15) is 0 Å². The predicted octanol–water partition coefficient (Wildman–Crippen LogP) is 1.13. The van der Waals surface area contributed by atoms with Gasteiger partial charge in [0.2, 0.25) is 0 Å². The molecule has 0 aliphatic carbocycles. The smallest absolute Gasteiger partial charge is 0.161 e. The largest absolute Gasteiger partial charge is 0.245 e. The predicted molar refractivity (Wildman–Crippen MR) is 47.8 cm³/mol. The molecule has 0 saturated carbocycles. The van der Waals surface area contributed by atoms with Gasteiger partial charge in [0.1, 0.15) is 0 Å². The lowest BCUT2D eigenvalue weighted by Gasteiger charge is -1.89. The van der Waals surface area contributed by atoms with E-state index in [0.717, 1.165) is 22.0 Å². The van der Waals surface area contributed by atoms with E-state index >= 15 is 0 Å². The number of rotatable bonds is 1. The number of fused-ring (bicyclic) bond motifs is 1. The van der Waals surface area contributed by atoms with Gasteiger partial charge in [0, 0.05) is 4.88 Å². The van der Waals surface area contributed by atoms with E-state index in [1.54, 1.807) is 0 Å². The number of thiazole rings is 1. The van der Waals surface area contributed by atoms with Crippen LogP contribution in [0, 0.1) is 0 Å². The Bertz CT molecular complexity index is 376. The van der Waals surface area contributed by atoms with Crippen LogP contribution in [-0.2, 0) is 27.8 Å². The molecule has 5 heteroatoms. The molecule has 12 heavy (non-hydrogen) atoms. The molecule has 0 N–H and O–H groups in total. The van der Waals surface area contributed by atoms with Crippen molar-refractivity contribution in [3.63, 3.8) is 0 Å². The lowest BCUT2D eigenvalue weighted by atomic mass is 10.4. The van der Waals surface area contributed by atoms with Gasteiger partial charge in [0.15, 0.2) is 9.84 Å². The monoisotopic (exact) mass is 203 g/mol. The fourth-order valence-corrected chi connectivity index (χ4v) is 4.28. The first kappa shape index (κ1) is 8.19. The van der Waals surface area contributed by atoms with Crippen LogP contribution in [0.15, 0.2) is 0 Å². The van der Waals surface area contributed by atoms with E-state index in [4.69, 9.17) is 0 Å². The number of aromatic nitrogens is 1. The van der Waals surface area contributed by atoms with E-state index < -0.39 is 9.84 Å². The highest BCUT2D eigenvalue weighted by Gasteiger charge is 2.28. The number of nitrogens with zero attached hydrogens (tertiary/aromatic N) is 1. The molecule has 1 aromatic heterocycles. The minimum absolute atomic E-state index is 0.152. The second-order valence-electron chi connectivity index (χ2n) is 2.86. The standard InChI is InChI=1S/C7H9NO2S2/c1-2-7-8-5-3-12(9,10)4-6(5)11-7/h2-4H2,1H3. The molecule has 2 rings (SSSR count). The topological polar surface area (TPSA) is 47.0 Å². The average molecular weight is 203 g/mol. The molecule has 3 nitrogen and oxygen atoms in total. The third kappa shape index (κ3) is 1.27. The lowest BCUT2D eigenvalue weighted by Crippen LogP contribution is -1.97. The van der Waals surface area contributed by atoms with Crippen LogP contribution in [0.2, 0.25) is 0 Å². The first-order chi connectivity index (χ1) is 5.61. The highest BCUT2D eigenvalue weighted by Crippen LogP contribution is 2.29. The van der Waals surface area contributed by atoms with Crippen molar-refractivity contribution < 1.29 is 8.42 Å². The van der Waals surface area contributed by atoms with Crippen molar-refractivity contribution in [1.82, 2.24) is 4.98 Å². The number of sulfone groups is 1. The van der Waals surface area contributed by atoms with Gasteiger partial charge in [0.25, 0.3) is 0 Å². The highest BCUT2D eigenvalue weighted by atomic mass is 32.2. The molecule has 1 aromatic rings. The van der Waals surface area contributed by atoms with Gasteiger partial charge in [-0.05, 0) is 6.42 Å². The normalized spacial score (nSPS) is 19.4. The first-order valence-corrected chi connectivity index (χ1v) is 6.42. The summed E-state index contributed by atoms with van der Waals surface area (Å²) in [5.41, 5.74) is 0.789. The summed E-state index contributed by atoms with van der Waals surface area (Å²) in [7, 11) is -2.84. The fraction of sp³-hybridized carbons (Fsp3) is 0.571. The maximum absolute atomic E-state index is 11.1. The summed E-state index contributed by atoms with van der Waals surface area (Å²) in [6, 6.07) is 0. The summed E-state index contributed by atoms with van der Waals surface area (Å²) in [6.07, 6.45) is 0.901. The summed E-state index contributed by atoms with van der Waals surface area (Å²) < 4.78 is 22.2. The molecular formula is C7H9NO2S2. The number of aryl methyl sites for hydroxylation is 1. The van der Waals surface area contributed by atoms with Crippen LogP contribution in [0.25, 0.3) is 0 Å². The molecule has 0 fully saturated rings. The Morgan fingerprint density at radius 3 is 2.83 bits per heavy atom. The molecule has 0 amide bonds. The molecule has 0 radical (unpaired) electrons. The number of hydrogen-bond acceptors (Lipinski definition) is 4. The first-order valence-electron chi connectivity index (χ1n) is 3.78. The van der Waals surface area contributed by atoms with Gasteiger partial charge in [-0.1, -0.05) is 6.92 Å². The van der Waals surface area contributed by atoms with Gasteiger partial charge in [-0.25, -0.2) is 13.4 Å². The molecule has 0 saturated heterocycles. The third-order valence-electron chi connectivity index (χ3n) is 1.83. The number of hydrogen-bond donors (Lipinski definition) is 0. The fourth-order valence-electron chi connectivity index (χ4n) is 1.27. The third-order valence-corrected chi connectivity index (χ3v) is 4.70. The van der Waals surface area contributed by atoms with Crippen molar-refractivity contribution in [3.05, 3.63) is 15.6 Å². The molecule has 2 heterocycles. The van der Waals surface area contributed by atoms with Crippen LogP contribution < -0.4 is 0 Å². The van der Waals surface area contributed by atoms with Gasteiger partial charge in [-0.3, -0.25) is 0 Å². The zero-order chi connectivity index (χ0) is 8.77. The van der Waals surface area contributed by atoms with E-state index in [1.807, 2.05) is 6.92 Å². The molecule has 0 atom stereocenters. The maximum atomic E-state index is 11.1. The van der Waals surface area contributed by atoms with Crippen LogP contribution in [0.5, 0.6) is 0 Å². The van der Waals surface area contributed by atoms with Crippen LogP contribution in [0.3, 0.4) is 0 Å². The van der Waals surface area contributed by atoms with Gasteiger partial charge < -0.3 is 0 Å². The van der Waals surface area contributed by atoms with Crippen molar-refractivity contribution in [3.8, 4) is 0 Å². The SMILES string of the molecule is CCc1nc2c(s1)CS(=O)(=O)C2. The quantitative estimate of drug-likeness (QED) is 0.687. The van der Waals surface area contributed by atoms with E-state index in [0.29, 0.717) is 0 Å². The highest BCUT2D eigenvalue weighted by molar-refractivity contribution is 7.90. The van der Waals surface area contributed by atoms with E-state index in [1.165, 1.54) is 11.3 Å². The van der Waals surface area contributed by atoms with E-state index in [2.05, 4.69) is 4.98 Å². The zero-order valence-electron chi connectivity index (χ0n) is 6.70. The molecule has 66 valence electrons. The summed E-state index contributed by atoms with van der Waals surface area (Å²) in [6.45, 7) is 2.03. The van der Waals surface area contributed by atoms with Crippen molar-refractivity contribution in [2.45, 2.75) is 24.9 Å². The summed E-state index contributed by atoms with van der Waals surface area (Å²) in [4.78, 5) is 5.20. The van der Waals surface area contributed by atoms with Crippen molar-refractivity contribution >= 4 is 21.2 Å². The van der Waals surface area contributed by atoms with E-state index in [-0.39, 0.29) is 11.5 Å². The van der Waals surface area contributed by atoms with Crippen LogP contribution in [0.4, 0.5) is 0 Å². The Morgan fingerprint density at radius 2 is 2.25 bits per heavy atom. The van der Waals surface area contributed by atoms with Gasteiger partial charge >= 0.3 is 0 Å². The van der Waals surface area contributed by atoms with Crippen LogP contribution >= 0.6 is 11.3 Å². The second kappa shape index (κ2) is 2.53. The molecule has 1 aliphatic heterocycles. The molecule has 0 aromatic carbocycles. The Hall–Kier alpha value is -0.420. The Kier molecular flexibility index (Phi) is 1.73. The molecule has 0 unspecified atom stereocenters. The van der Waals surface area contributed by atoms with Gasteiger partial charge in [-0.15, -0.1) is 11.3 Å². The van der Waals surface area contributed by atoms with Crippen molar-refractivity contribution in [2.24, 2.45) is 0 Å². The molecule has 0 spiro atoms. The maximum Gasteiger partial charge on any atom is 0.161 e.